The van der Waals surface area contributed by atoms with Gasteiger partial charge >= 0.3 is 0 Å². The first kappa shape index (κ1) is 15.0. The number of benzene rings is 1. The molecule has 3 rings (SSSR count). The summed E-state index contributed by atoms with van der Waals surface area (Å²) >= 11 is 11.5. The number of hydrogen-bond donors (Lipinski definition) is 0. The average Bonchev–Trinajstić information content (AvgIpc) is 3.06. The van der Waals surface area contributed by atoms with E-state index in [4.69, 9.17) is 16.6 Å². The van der Waals surface area contributed by atoms with Crippen LogP contribution in [0.1, 0.15) is 36.0 Å². The van der Waals surface area contributed by atoms with Gasteiger partial charge in [-0.3, -0.25) is 0 Å². The molecule has 2 aromatic heterocycles. The summed E-state index contributed by atoms with van der Waals surface area (Å²) in [5.41, 5.74) is 2.09. The third kappa shape index (κ3) is 3.00. The zero-order valence-corrected chi connectivity index (χ0v) is 14.9. The molecule has 3 aromatic rings. The van der Waals surface area contributed by atoms with Crippen LogP contribution in [0.2, 0.25) is 0 Å². The highest BCUT2D eigenvalue weighted by Crippen LogP contribution is 2.29. The Morgan fingerprint density at radius 1 is 1.38 bits per heavy atom. The number of fused-ring (bicyclic) bond motifs is 1. The van der Waals surface area contributed by atoms with Gasteiger partial charge in [0.25, 0.3) is 0 Å². The van der Waals surface area contributed by atoms with Crippen LogP contribution in [0.5, 0.6) is 0 Å². The van der Waals surface area contributed by atoms with Gasteiger partial charge in [-0.25, -0.2) is 9.97 Å². The van der Waals surface area contributed by atoms with E-state index in [1.54, 1.807) is 11.3 Å². The second-order valence-electron chi connectivity index (χ2n) is 5.10. The second kappa shape index (κ2) is 6.07. The summed E-state index contributed by atoms with van der Waals surface area (Å²) in [5, 5.41) is 3.03. The van der Waals surface area contributed by atoms with Crippen molar-refractivity contribution in [3.05, 3.63) is 45.1 Å². The smallest absolute Gasteiger partial charge is 0.127 e. The highest BCUT2D eigenvalue weighted by molar-refractivity contribution is 9.10. The lowest BCUT2D eigenvalue weighted by molar-refractivity contribution is 0.583. The van der Waals surface area contributed by atoms with Crippen molar-refractivity contribution in [2.75, 3.05) is 0 Å². The lowest BCUT2D eigenvalue weighted by Crippen LogP contribution is -2.10. The molecule has 1 aromatic carbocycles. The minimum Gasteiger partial charge on any atom is -0.326 e. The fourth-order valence-corrected chi connectivity index (χ4v) is 3.65. The number of aromatic nitrogens is 3. The number of imidazole rings is 1. The van der Waals surface area contributed by atoms with Gasteiger partial charge in [0.15, 0.2) is 0 Å². The average molecular weight is 385 g/mol. The summed E-state index contributed by atoms with van der Waals surface area (Å²) in [5.74, 6) is 1.24. The van der Waals surface area contributed by atoms with Gasteiger partial charge in [0.2, 0.25) is 0 Å². The summed E-state index contributed by atoms with van der Waals surface area (Å²) in [6.45, 7) is 4.98. The van der Waals surface area contributed by atoms with Crippen LogP contribution in [-0.4, -0.2) is 14.5 Å². The summed E-state index contributed by atoms with van der Waals surface area (Å²) in [6, 6.07) is 6.16. The summed E-state index contributed by atoms with van der Waals surface area (Å²) in [7, 11) is 0. The number of thiazole rings is 1. The summed E-state index contributed by atoms with van der Waals surface area (Å²) in [6.07, 6.45) is 1.85. The van der Waals surface area contributed by atoms with E-state index in [2.05, 4.69) is 38.5 Å². The first-order chi connectivity index (χ1) is 10.1. The van der Waals surface area contributed by atoms with Crippen LogP contribution in [-0.2, 0) is 6.54 Å². The number of rotatable bonds is 4. The maximum atomic E-state index is 6.32. The molecule has 2 atom stereocenters. The van der Waals surface area contributed by atoms with Crippen molar-refractivity contribution in [1.82, 2.24) is 14.5 Å². The molecule has 0 amide bonds. The molecule has 0 radical (unpaired) electrons. The molecule has 2 heterocycles. The molecule has 0 fully saturated rings. The standard InChI is InChI=1S/C15H15BrClN3S/c1-9(15-18-5-6-21-15)8-20-13-4-3-11(16)7-12(13)19-14(20)10(2)17/h3-7,9-10H,8H2,1-2H3. The van der Waals surface area contributed by atoms with Gasteiger partial charge in [-0.05, 0) is 25.1 Å². The quantitative estimate of drug-likeness (QED) is 0.567. The predicted octanol–water partition coefficient (Wildman–Crippen LogP) is 5.36. The molecule has 0 saturated carbocycles. The number of halogens is 2. The topological polar surface area (TPSA) is 30.7 Å². The van der Waals surface area contributed by atoms with E-state index in [0.717, 1.165) is 32.9 Å². The van der Waals surface area contributed by atoms with Gasteiger partial charge in [-0.1, -0.05) is 22.9 Å². The Kier molecular flexibility index (Phi) is 4.33. The Morgan fingerprint density at radius 3 is 2.86 bits per heavy atom. The van der Waals surface area contributed by atoms with Crippen molar-refractivity contribution in [2.24, 2.45) is 0 Å². The van der Waals surface area contributed by atoms with E-state index in [0.29, 0.717) is 5.92 Å². The third-order valence-corrected chi connectivity index (χ3v) is 5.12. The number of nitrogens with zero attached hydrogens (tertiary/aromatic N) is 3. The molecule has 6 heteroatoms. The lowest BCUT2D eigenvalue weighted by atomic mass is 10.2. The largest absolute Gasteiger partial charge is 0.326 e. The summed E-state index contributed by atoms with van der Waals surface area (Å²) < 4.78 is 3.24. The Morgan fingerprint density at radius 2 is 2.19 bits per heavy atom. The molecule has 0 aliphatic carbocycles. The SMILES string of the molecule is CC(Cl)c1nc2cc(Br)ccc2n1CC(C)c1nccs1. The monoisotopic (exact) mass is 383 g/mol. The normalized spacial score (nSPS) is 14.5. The van der Waals surface area contributed by atoms with Crippen LogP contribution in [0.4, 0.5) is 0 Å². The molecular weight excluding hydrogens is 370 g/mol. The molecule has 0 bridgehead atoms. The van der Waals surface area contributed by atoms with Crippen molar-refractivity contribution in [3.63, 3.8) is 0 Å². The maximum Gasteiger partial charge on any atom is 0.127 e. The van der Waals surface area contributed by atoms with E-state index < -0.39 is 0 Å². The molecule has 0 N–H and O–H groups in total. The van der Waals surface area contributed by atoms with Crippen molar-refractivity contribution in [1.29, 1.82) is 0 Å². The highest BCUT2D eigenvalue weighted by Gasteiger charge is 2.18. The van der Waals surface area contributed by atoms with Crippen LogP contribution in [0.25, 0.3) is 11.0 Å². The Labute approximate surface area is 141 Å². The highest BCUT2D eigenvalue weighted by atomic mass is 79.9. The Bertz CT molecular complexity index is 752. The molecule has 21 heavy (non-hydrogen) atoms. The minimum absolute atomic E-state index is 0.125. The maximum absolute atomic E-state index is 6.32. The predicted molar refractivity (Wildman–Crippen MR) is 92.2 cm³/mol. The first-order valence-electron chi connectivity index (χ1n) is 6.75. The van der Waals surface area contributed by atoms with Crippen LogP contribution in [0, 0.1) is 0 Å². The van der Waals surface area contributed by atoms with Crippen molar-refractivity contribution < 1.29 is 0 Å². The Balaban J connectivity index is 2.05. The van der Waals surface area contributed by atoms with E-state index in [-0.39, 0.29) is 5.38 Å². The minimum atomic E-state index is -0.125. The molecule has 0 aliphatic heterocycles. The van der Waals surface area contributed by atoms with Gasteiger partial charge in [0, 0.05) is 28.5 Å². The molecule has 0 saturated heterocycles. The van der Waals surface area contributed by atoms with E-state index in [1.165, 1.54) is 0 Å². The van der Waals surface area contributed by atoms with E-state index >= 15 is 0 Å². The second-order valence-corrected chi connectivity index (χ2v) is 7.60. The molecule has 3 nitrogen and oxygen atoms in total. The molecular formula is C15H15BrClN3S. The first-order valence-corrected chi connectivity index (χ1v) is 8.86. The van der Waals surface area contributed by atoms with Crippen LogP contribution < -0.4 is 0 Å². The van der Waals surface area contributed by atoms with Crippen LogP contribution in [0.3, 0.4) is 0 Å². The fraction of sp³-hybridized carbons (Fsp3) is 0.333. The fourth-order valence-electron chi connectivity index (χ4n) is 2.45. The van der Waals surface area contributed by atoms with Crippen molar-refractivity contribution >= 4 is 49.9 Å². The van der Waals surface area contributed by atoms with Gasteiger partial charge in [-0.15, -0.1) is 22.9 Å². The van der Waals surface area contributed by atoms with Crippen LogP contribution in [0.15, 0.2) is 34.2 Å². The van der Waals surface area contributed by atoms with Crippen molar-refractivity contribution in [3.8, 4) is 0 Å². The molecule has 0 spiro atoms. The van der Waals surface area contributed by atoms with E-state index in [9.17, 15) is 0 Å². The zero-order chi connectivity index (χ0) is 15.0. The zero-order valence-electron chi connectivity index (χ0n) is 11.8. The van der Waals surface area contributed by atoms with Gasteiger partial charge in [-0.2, -0.15) is 0 Å². The third-order valence-electron chi connectivity index (χ3n) is 3.43. The number of hydrogen-bond acceptors (Lipinski definition) is 3. The van der Waals surface area contributed by atoms with Gasteiger partial charge in [0.05, 0.1) is 21.4 Å². The molecule has 2 unspecified atom stereocenters. The van der Waals surface area contributed by atoms with Crippen molar-refractivity contribution in [2.45, 2.75) is 31.7 Å². The Hall–Kier alpha value is -0.910. The molecule has 110 valence electrons. The molecule has 0 aliphatic rings. The van der Waals surface area contributed by atoms with Gasteiger partial charge < -0.3 is 4.57 Å². The van der Waals surface area contributed by atoms with Gasteiger partial charge in [0.1, 0.15) is 5.82 Å². The lowest BCUT2D eigenvalue weighted by Gasteiger charge is -2.14. The van der Waals surface area contributed by atoms with Crippen LogP contribution >= 0.6 is 38.9 Å². The summed E-state index contributed by atoms with van der Waals surface area (Å²) in [4.78, 5) is 9.10. The number of alkyl halides is 1. The van der Waals surface area contributed by atoms with E-state index in [1.807, 2.05) is 30.6 Å².